The highest BCUT2D eigenvalue weighted by Crippen LogP contribution is 2.40. The zero-order chi connectivity index (χ0) is 21.8. The molecule has 0 radical (unpaired) electrons. The van der Waals surface area contributed by atoms with Crippen molar-refractivity contribution in [3.8, 4) is 5.75 Å². The minimum atomic E-state index is -0.547. The minimum absolute atomic E-state index is 0.0305. The van der Waals surface area contributed by atoms with E-state index in [4.69, 9.17) is 9.47 Å². The molecule has 0 spiro atoms. The fourth-order valence-electron chi connectivity index (χ4n) is 3.41. The Morgan fingerprint density at radius 2 is 1.93 bits per heavy atom. The summed E-state index contributed by atoms with van der Waals surface area (Å²) in [7, 11) is 0. The van der Waals surface area contributed by atoms with Gasteiger partial charge >= 0.3 is 5.97 Å². The molecule has 2 aliphatic heterocycles. The van der Waals surface area contributed by atoms with Crippen molar-refractivity contribution in [3.63, 3.8) is 0 Å². The smallest absolute Gasteiger partial charge is 0.338 e. The van der Waals surface area contributed by atoms with Crippen molar-refractivity contribution in [1.82, 2.24) is 4.90 Å². The van der Waals surface area contributed by atoms with Crippen molar-refractivity contribution in [2.45, 2.75) is 59.6 Å². The third kappa shape index (κ3) is 5.06. The van der Waals surface area contributed by atoms with Gasteiger partial charge in [0.15, 0.2) is 5.17 Å². The first kappa shape index (κ1) is 22.4. The number of aliphatic imine (C=N–C) groups is 1. The van der Waals surface area contributed by atoms with Crippen LogP contribution in [0.15, 0.2) is 40.5 Å². The fraction of sp³-hybridized carbons (Fsp3) is 0.522. The molecule has 0 aromatic heterocycles. The molecule has 1 aromatic rings. The predicted molar refractivity (Wildman–Crippen MR) is 119 cm³/mol. The fourth-order valence-corrected chi connectivity index (χ4v) is 4.42. The number of amidine groups is 1. The van der Waals surface area contributed by atoms with Crippen LogP contribution in [0, 0.1) is 5.92 Å². The van der Waals surface area contributed by atoms with Crippen LogP contribution in [0.4, 0.5) is 0 Å². The normalized spacial score (nSPS) is 19.2. The van der Waals surface area contributed by atoms with Crippen LogP contribution in [0.2, 0.25) is 0 Å². The highest BCUT2D eigenvalue weighted by molar-refractivity contribution is 8.14. The summed E-state index contributed by atoms with van der Waals surface area (Å²) in [5, 5.41) is 0.645. The highest BCUT2D eigenvalue weighted by atomic mass is 32.2. The van der Waals surface area contributed by atoms with Gasteiger partial charge in [0, 0.05) is 12.2 Å². The SMILES string of the molecule is CC1=C(C(=O)OC(C)C)[C@@H](c2ccc(OCCC(C)C)cc2)N2C(=O)CCSC2=N1. The van der Waals surface area contributed by atoms with Gasteiger partial charge in [0.1, 0.15) is 5.75 Å². The zero-order valence-electron chi connectivity index (χ0n) is 18.3. The number of fused-ring (bicyclic) bond motifs is 1. The molecule has 3 rings (SSSR count). The Morgan fingerprint density at radius 3 is 2.57 bits per heavy atom. The quantitative estimate of drug-likeness (QED) is 0.586. The first-order valence-electron chi connectivity index (χ1n) is 10.5. The van der Waals surface area contributed by atoms with Crippen LogP contribution in [-0.4, -0.2) is 40.4 Å². The summed E-state index contributed by atoms with van der Waals surface area (Å²) in [4.78, 5) is 31.9. The molecule has 0 bridgehead atoms. The molecule has 1 fully saturated rings. The standard InChI is InChI=1S/C23H30N2O4S/c1-14(2)10-12-28-18-8-6-17(7-9-18)21-20(22(27)29-15(3)4)16(5)24-23-25(21)19(26)11-13-30-23/h6-9,14-15,21H,10-13H2,1-5H3/t21-/m1/s1. The number of nitrogens with zero attached hydrogens (tertiary/aromatic N) is 2. The van der Waals surface area contributed by atoms with E-state index >= 15 is 0 Å². The second-order valence-electron chi connectivity index (χ2n) is 8.21. The number of ether oxygens (including phenoxy) is 2. The molecular weight excluding hydrogens is 400 g/mol. The van der Waals surface area contributed by atoms with Gasteiger partial charge in [-0.15, -0.1) is 0 Å². The predicted octanol–water partition coefficient (Wildman–Crippen LogP) is 4.71. The number of allylic oxidation sites excluding steroid dienone is 1. The van der Waals surface area contributed by atoms with E-state index in [2.05, 4.69) is 18.8 Å². The van der Waals surface area contributed by atoms with Crippen molar-refractivity contribution in [2.75, 3.05) is 12.4 Å². The van der Waals surface area contributed by atoms with Gasteiger partial charge in [-0.2, -0.15) is 0 Å². The van der Waals surface area contributed by atoms with Crippen molar-refractivity contribution >= 4 is 28.8 Å². The van der Waals surface area contributed by atoms with Crippen molar-refractivity contribution in [2.24, 2.45) is 10.9 Å². The number of thioether (sulfide) groups is 1. The van der Waals surface area contributed by atoms with Gasteiger partial charge in [0.2, 0.25) is 5.91 Å². The van der Waals surface area contributed by atoms with Crippen LogP contribution < -0.4 is 4.74 Å². The molecule has 1 atom stereocenters. The largest absolute Gasteiger partial charge is 0.494 e. The maximum atomic E-state index is 12.9. The van der Waals surface area contributed by atoms with E-state index < -0.39 is 12.0 Å². The molecule has 2 heterocycles. The van der Waals surface area contributed by atoms with Gasteiger partial charge < -0.3 is 9.47 Å². The van der Waals surface area contributed by atoms with Crippen molar-refractivity contribution in [1.29, 1.82) is 0 Å². The van der Waals surface area contributed by atoms with E-state index in [1.807, 2.05) is 38.1 Å². The van der Waals surface area contributed by atoms with E-state index in [1.165, 1.54) is 0 Å². The van der Waals surface area contributed by atoms with Gasteiger partial charge in [0.05, 0.1) is 30.0 Å². The third-order valence-corrected chi connectivity index (χ3v) is 5.88. The lowest BCUT2D eigenvalue weighted by Crippen LogP contribution is -2.46. The number of amides is 1. The number of hydrogen-bond acceptors (Lipinski definition) is 6. The Labute approximate surface area is 182 Å². The summed E-state index contributed by atoms with van der Waals surface area (Å²) in [5.41, 5.74) is 1.85. The monoisotopic (exact) mass is 430 g/mol. The van der Waals surface area contributed by atoms with Gasteiger partial charge in [-0.1, -0.05) is 37.7 Å². The average molecular weight is 431 g/mol. The van der Waals surface area contributed by atoms with Crippen molar-refractivity contribution < 1.29 is 19.1 Å². The van der Waals surface area contributed by atoms with Crippen LogP contribution in [0.5, 0.6) is 5.75 Å². The Hall–Kier alpha value is -2.28. The summed E-state index contributed by atoms with van der Waals surface area (Å²) in [6.45, 7) is 10.4. The topological polar surface area (TPSA) is 68.2 Å². The summed E-state index contributed by atoms with van der Waals surface area (Å²) < 4.78 is 11.3. The van der Waals surface area contributed by atoms with Crippen LogP contribution >= 0.6 is 11.8 Å². The molecule has 162 valence electrons. The van der Waals surface area contributed by atoms with Gasteiger partial charge in [-0.25, -0.2) is 9.79 Å². The molecule has 0 saturated carbocycles. The second kappa shape index (κ2) is 9.69. The van der Waals surface area contributed by atoms with E-state index in [1.54, 1.807) is 23.6 Å². The number of hydrogen-bond donors (Lipinski definition) is 0. The van der Waals surface area contributed by atoms with E-state index in [0.29, 0.717) is 41.1 Å². The molecule has 1 amide bonds. The summed E-state index contributed by atoms with van der Waals surface area (Å²) in [6, 6.07) is 7.07. The molecule has 30 heavy (non-hydrogen) atoms. The highest BCUT2D eigenvalue weighted by Gasteiger charge is 2.41. The summed E-state index contributed by atoms with van der Waals surface area (Å²) in [6.07, 6.45) is 1.14. The molecule has 2 aliphatic rings. The Morgan fingerprint density at radius 1 is 1.23 bits per heavy atom. The van der Waals surface area contributed by atoms with Crippen molar-refractivity contribution in [3.05, 3.63) is 41.1 Å². The van der Waals surface area contributed by atoms with Crippen LogP contribution in [0.25, 0.3) is 0 Å². The lowest BCUT2D eigenvalue weighted by Gasteiger charge is -2.39. The van der Waals surface area contributed by atoms with Gasteiger partial charge in [-0.3, -0.25) is 9.69 Å². The summed E-state index contributed by atoms with van der Waals surface area (Å²) >= 11 is 1.54. The zero-order valence-corrected chi connectivity index (χ0v) is 19.1. The number of carbonyl (C=O) groups is 2. The Kier molecular flexibility index (Phi) is 7.23. The number of carbonyl (C=O) groups excluding carboxylic acids is 2. The van der Waals surface area contributed by atoms with E-state index in [9.17, 15) is 9.59 Å². The van der Waals surface area contributed by atoms with Gasteiger partial charge in [-0.05, 0) is 50.8 Å². The average Bonchev–Trinajstić information content (AvgIpc) is 2.67. The Balaban J connectivity index is 1.94. The third-order valence-electron chi connectivity index (χ3n) is 4.93. The van der Waals surface area contributed by atoms with E-state index in [-0.39, 0.29) is 12.0 Å². The lowest BCUT2D eigenvalue weighted by atomic mass is 9.94. The van der Waals surface area contributed by atoms with Crippen LogP contribution in [0.3, 0.4) is 0 Å². The number of esters is 1. The molecular formula is C23H30N2O4S. The molecule has 0 unspecified atom stereocenters. The first-order chi connectivity index (χ1) is 14.3. The molecule has 0 aliphatic carbocycles. The molecule has 0 N–H and O–H groups in total. The lowest BCUT2D eigenvalue weighted by molar-refractivity contribution is -0.143. The molecule has 1 saturated heterocycles. The molecule has 6 nitrogen and oxygen atoms in total. The number of benzene rings is 1. The Bertz CT molecular complexity index is 858. The van der Waals surface area contributed by atoms with Crippen LogP contribution in [-0.2, 0) is 14.3 Å². The molecule has 1 aromatic carbocycles. The van der Waals surface area contributed by atoms with E-state index in [0.717, 1.165) is 17.7 Å². The first-order valence-corrected chi connectivity index (χ1v) is 11.4. The summed E-state index contributed by atoms with van der Waals surface area (Å²) in [5.74, 6) is 1.58. The second-order valence-corrected chi connectivity index (χ2v) is 9.27. The number of rotatable bonds is 7. The maximum absolute atomic E-state index is 12.9. The maximum Gasteiger partial charge on any atom is 0.338 e. The molecule has 7 heteroatoms. The minimum Gasteiger partial charge on any atom is -0.494 e. The van der Waals surface area contributed by atoms with Gasteiger partial charge in [0.25, 0.3) is 0 Å². The van der Waals surface area contributed by atoms with Crippen LogP contribution in [0.1, 0.15) is 59.1 Å².